The minimum Gasteiger partial charge on any atom is -1.00 e. The number of carbonyl (C=O) groups excluding carboxylic acids is 2. The number of allylic oxidation sites excluding steroid dienone is 5. The molecule has 1 radical (unpaired) electrons. The molecule has 7 heterocycles. The van der Waals surface area contributed by atoms with Gasteiger partial charge in [-0.2, -0.15) is 9.98 Å². The Bertz CT molecular complexity index is 4530. The molecule has 11 rings (SSSR count). The van der Waals surface area contributed by atoms with Crippen LogP contribution in [-0.4, -0.2) is 40.8 Å². The number of nitro benzene ring substituents is 2. The Morgan fingerprint density at radius 1 is 0.583 bits per heavy atom. The van der Waals surface area contributed by atoms with Crippen LogP contribution < -0.4 is 32.0 Å². The van der Waals surface area contributed by atoms with E-state index in [-0.39, 0.29) is 78.3 Å². The number of hydrogen-bond acceptors (Lipinski definition) is 10. The molecule has 2 aliphatic rings. The first-order valence-corrected chi connectivity index (χ1v) is 27.9. The van der Waals surface area contributed by atoms with Crippen LogP contribution >= 0.6 is 22.7 Å². The van der Waals surface area contributed by atoms with Crippen LogP contribution in [-0.2, 0) is 33.1 Å². The van der Waals surface area contributed by atoms with Crippen LogP contribution in [0, 0.1) is 34.1 Å². The molecule has 0 saturated heterocycles. The van der Waals surface area contributed by atoms with E-state index in [1.807, 2.05) is 133 Å². The third-order valence-corrected chi connectivity index (χ3v) is 16.3. The number of hydrogen-bond donors (Lipinski definition) is 0. The molecule has 0 unspecified atom stereocenters. The van der Waals surface area contributed by atoms with Gasteiger partial charge < -0.3 is 22.4 Å². The second-order valence-electron chi connectivity index (χ2n) is 19.6. The van der Waals surface area contributed by atoms with Gasteiger partial charge in [-0.05, 0) is 98.2 Å². The number of aromatic nitrogens is 6. The summed E-state index contributed by atoms with van der Waals surface area (Å²) in [6.45, 7) is 16.2. The summed E-state index contributed by atoms with van der Waals surface area (Å²) < 4.78 is 3.67. The van der Waals surface area contributed by atoms with Crippen LogP contribution in [0.3, 0.4) is 0 Å². The van der Waals surface area contributed by atoms with E-state index in [1.54, 1.807) is 36.4 Å². The van der Waals surface area contributed by atoms with Gasteiger partial charge in [0.1, 0.15) is 0 Å². The van der Waals surface area contributed by atoms with E-state index in [1.165, 1.54) is 46.9 Å². The van der Waals surface area contributed by atoms with E-state index < -0.39 is 9.85 Å². The zero-order chi connectivity index (χ0) is 57.3. The molecule has 2 aliphatic heterocycles. The normalized spacial score (nSPS) is 12.5. The minimum atomic E-state index is -0.453. The van der Waals surface area contributed by atoms with Crippen molar-refractivity contribution in [3.05, 3.63) is 238 Å². The van der Waals surface area contributed by atoms with E-state index in [0.29, 0.717) is 60.1 Å². The van der Waals surface area contributed by atoms with Gasteiger partial charge in [0.25, 0.3) is 11.4 Å². The molecule has 419 valence electrons. The standard InChI is InChI=1S/C64H50N10O6S2.ClH.Fe/c1-7-47-37(3)51-31-52-39(5)49(27-29-61(75)69-63-71(43-19-23-45(24-20-43)73(77)78)59(35-81-63)41-15-11-9-12-16-41)57(67-52)34-58-50(40(6)54(68-58)33-56-48(8-2)38(4)53(66-56)32-55(47)65-51)28-30-62(76)70-64-72(44-21-25-46(26-22-44)74(79)80)60(36-82-64)42-17-13-10-14-18-42;;/h7-26,31-36H,1-2,27-30H2,3-6H3;1H;/q-2;;+3/p-1. The van der Waals surface area contributed by atoms with Crippen molar-refractivity contribution in [1.29, 1.82) is 0 Å². The molecule has 4 aromatic carbocycles. The molecular weight excluding hydrogens is 1160 g/mol. The summed E-state index contributed by atoms with van der Waals surface area (Å²) in [5, 5.41) is 27.0. The Labute approximate surface area is 506 Å². The number of nitro groups is 2. The number of non-ortho nitro benzene ring substituents is 2. The monoisotopic (exact) mass is 1210 g/mol. The van der Waals surface area contributed by atoms with E-state index in [4.69, 9.17) is 19.9 Å². The Hall–Kier alpha value is -9.23. The molecule has 0 saturated carbocycles. The van der Waals surface area contributed by atoms with Crippen molar-refractivity contribution in [2.24, 2.45) is 9.98 Å². The Morgan fingerprint density at radius 2 is 1.04 bits per heavy atom. The summed E-state index contributed by atoms with van der Waals surface area (Å²) in [5.74, 6) is -0.769. The predicted octanol–water partition coefficient (Wildman–Crippen LogP) is 10.7. The third kappa shape index (κ3) is 11.7. The van der Waals surface area contributed by atoms with Crippen molar-refractivity contribution in [1.82, 2.24) is 29.1 Å². The van der Waals surface area contributed by atoms with Crippen LogP contribution in [0.1, 0.15) is 78.1 Å². The van der Waals surface area contributed by atoms with E-state index in [9.17, 15) is 29.8 Å². The quantitative estimate of drug-likeness (QED) is 0.0571. The van der Waals surface area contributed by atoms with Gasteiger partial charge in [-0.15, -0.1) is 44.7 Å². The van der Waals surface area contributed by atoms with Gasteiger partial charge in [-0.3, -0.25) is 39.0 Å². The molecule has 0 atom stereocenters. The summed E-state index contributed by atoms with van der Waals surface area (Å²) in [6.07, 6.45) is 4.11. The maximum atomic E-state index is 14.3. The van der Waals surface area contributed by atoms with Crippen molar-refractivity contribution in [3.8, 4) is 33.9 Å². The summed E-state index contributed by atoms with van der Waals surface area (Å²) in [7, 11) is 0. The third-order valence-electron chi connectivity index (χ3n) is 14.7. The molecule has 2 amide bonds. The topological polar surface area (TPSA) is 209 Å². The van der Waals surface area contributed by atoms with Crippen molar-refractivity contribution in [2.75, 3.05) is 0 Å². The number of nitrogens with zero attached hydrogens (tertiary/aromatic N) is 10. The van der Waals surface area contributed by atoms with Gasteiger partial charge in [0.05, 0.1) is 44.0 Å². The maximum Gasteiger partial charge on any atom is 3.00 e. The fraction of sp³-hybridized carbons (Fsp3) is 0.125. The Morgan fingerprint density at radius 3 is 1.55 bits per heavy atom. The smallest absolute Gasteiger partial charge is 1.00 e. The summed E-state index contributed by atoms with van der Waals surface area (Å²) in [5.41, 5.74) is 16.4. The second kappa shape index (κ2) is 25.1. The van der Waals surface area contributed by atoms with Crippen molar-refractivity contribution < 1.29 is 48.9 Å². The van der Waals surface area contributed by atoms with Crippen molar-refractivity contribution in [2.45, 2.75) is 53.4 Å². The minimum absolute atomic E-state index is 0. The number of rotatable bonds is 14. The van der Waals surface area contributed by atoms with Crippen LogP contribution in [0.15, 0.2) is 173 Å². The van der Waals surface area contributed by atoms with Crippen LogP contribution in [0.2, 0.25) is 0 Å². The predicted molar refractivity (Wildman–Crippen MR) is 324 cm³/mol. The molecule has 0 N–H and O–H groups in total. The van der Waals surface area contributed by atoms with E-state index >= 15 is 0 Å². The molecule has 16 nitrogen and oxygen atoms in total. The van der Waals surface area contributed by atoms with E-state index in [0.717, 1.165) is 72.8 Å². The molecule has 0 fully saturated rings. The first-order valence-electron chi connectivity index (χ1n) is 26.1. The van der Waals surface area contributed by atoms with Gasteiger partial charge in [-0.25, -0.2) is 9.97 Å². The Kier molecular flexibility index (Phi) is 17.7. The zero-order valence-corrected chi connectivity index (χ0v) is 49.2. The average molecular weight is 1210 g/mol. The molecule has 20 heteroatoms. The molecule has 0 aliphatic carbocycles. The fourth-order valence-electron chi connectivity index (χ4n) is 10.3. The first-order chi connectivity index (χ1) is 39.7. The fourth-order valence-corrected chi connectivity index (χ4v) is 12.1. The van der Waals surface area contributed by atoms with Gasteiger partial charge in [-0.1, -0.05) is 127 Å². The number of fused-ring (bicyclic) bond motifs is 8. The molecule has 9 aromatic rings. The number of aryl methyl sites for hydroxylation is 3. The number of thiazole rings is 2. The summed E-state index contributed by atoms with van der Waals surface area (Å²) in [4.78, 5) is 81.7. The number of carbonyl (C=O) groups is 2. The average Bonchev–Trinajstić information content (AvgIpc) is 3.11. The first kappa shape index (κ1) is 59.4. The largest absolute Gasteiger partial charge is 3.00 e. The molecule has 8 bridgehead atoms. The zero-order valence-electron chi connectivity index (χ0n) is 45.7. The summed E-state index contributed by atoms with van der Waals surface area (Å²) >= 11 is 2.59. The van der Waals surface area contributed by atoms with Crippen molar-refractivity contribution >= 4 is 96.3 Å². The Balaban J connectivity index is 0.00000423. The van der Waals surface area contributed by atoms with Crippen molar-refractivity contribution in [3.63, 3.8) is 0 Å². The number of halogens is 1. The van der Waals surface area contributed by atoms with Crippen LogP contribution in [0.4, 0.5) is 11.4 Å². The molecule has 84 heavy (non-hydrogen) atoms. The van der Waals surface area contributed by atoms with Crippen LogP contribution in [0.5, 0.6) is 0 Å². The maximum absolute atomic E-state index is 14.3. The van der Waals surface area contributed by atoms with Gasteiger partial charge >= 0.3 is 17.1 Å². The van der Waals surface area contributed by atoms with E-state index in [2.05, 4.69) is 23.1 Å². The van der Waals surface area contributed by atoms with Gasteiger partial charge in [0.15, 0.2) is 9.60 Å². The van der Waals surface area contributed by atoms with Gasteiger partial charge in [0.2, 0.25) is 11.8 Å². The summed E-state index contributed by atoms with van der Waals surface area (Å²) in [6, 6.07) is 39.4. The number of amides is 2. The molecule has 0 spiro atoms. The molecular formula is C64H50ClFeN10O6S2. The second-order valence-corrected chi connectivity index (χ2v) is 21.2. The SMILES string of the molecule is C=CC1=C(C)c2cc3[n-]c(cc4nc(cc5[n-]c(cc1n2)c(C)c5CCC(=O)N=c1scc(-c2ccccc2)n1-c1ccc([N+](=O)[O-])cc1)C(CCC(=O)N=c1scc(-c2ccccc2)n1-c1ccc([N+](=O)[O-])cc1)=C4C)c(C)c3C=C.[Cl-].[Fe+3]. The molecule has 5 aromatic heterocycles. The van der Waals surface area contributed by atoms with Crippen LogP contribution in [0.25, 0.3) is 84.3 Å². The van der Waals surface area contributed by atoms with Gasteiger partial charge in [0, 0.05) is 64.8 Å². The number of benzene rings is 4.